The Kier molecular flexibility index (Phi) is 7.17. The minimum atomic E-state index is -0.561. The van der Waals surface area contributed by atoms with Crippen molar-refractivity contribution in [2.45, 2.75) is 40.2 Å². The lowest BCUT2D eigenvalue weighted by atomic mass is 10.2. The lowest BCUT2D eigenvalue weighted by Crippen LogP contribution is -2.22. The Morgan fingerprint density at radius 1 is 1.25 bits per heavy atom. The van der Waals surface area contributed by atoms with Crippen LogP contribution in [0.4, 0.5) is 4.79 Å². The molecule has 0 aliphatic carbocycles. The summed E-state index contributed by atoms with van der Waals surface area (Å²) in [5.74, 6) is 0.844. The van der Waals surface area contributed by atoms with Crippen LogP contribution in [0.25, 0.3) is 0 Å². The van der Waals surface area contributed by atoms with E-state index in [0.717, 1.165) is 30.8 Å². The molecular formula is C15H22N2O3. The number of oxime groups is 1. The van der Waals surface area contributed by atoms with Crippen LogP contribution in [0.2, 0.25) is 0 Å². The van der Waals surface area contributed by atoms with E-state index in [4.69, 9.17) is 4.74 Å². The molecule has 0 heterocycles. The number of unbranched alkanes of at least 4 members (excludes halogenated alkanes) is 1. The van der Waals surface area contributed by atoms with Gasteiger partial charge in [0.1, 0.15) is 5.75 Å². The van der Waals surface area contributed by atoms with Crippen molar-refractivity contribution in [1.82, 2.24) is 5.32 Å². The zero-order valence-electron chi connectivity index (χ0n) is 12.3. The molecule has 110 valence electrons. The van der Waals surface area contributed by atoms with E-state index >= 15 is 0 Å². The molecular weight excluding hydrogens is 256 g/mol. The Morgan fingerprint density at radius 2 is 1.95 bits per heavy atom. The molecule has 0 aliphatic heterocycles. The van der Waals surface area contributed by atoms with Gasteiger partial charge in [-0.25, -0.2) is 4.79 Å². The van der Waals surface area contributed by atoms with E-state index in [1.54, 1.807) is 13.8 Å². The summed E-state index contributed by atoms with van der Waals surface area (Å²) in [4.78, 5) is 15.9. The molecule has 1 aromatic rings. The molecule has 5 heteroatoms. The largest absolute Gasteiger partial charge is 0.494 e. The highest BCUT2D eigenvalue weighted by Gasteiger charge is 2.02. The Balaban J connectivity index is 2.34. The van der Waals surface area contributed by atoms with Gasteiger partial charge in [0, 0.05) is 6.54 Å². The van der Waals surface area contributed by atoms with Gasteiger partial charge < -0.3 is 10.1 Å². The van der Waals surface area contributed by atoms with Crippen molar-refractivity contribution < 1.29 is 14.4 Å². The lowest BCUT2D eigenvalue weighted by Gasteiger charge is -2.07. The second-order valence-corrected chi connectivity index (χ2v) is 4.62. The molecule has 0 aromatic heterocycles. The number of carbonyl (C=O) groups excluding carboxylic acids is 1. The third kappa shape index (κ3) is 6.78. The molecule has 1 rings (SSSR count). The highest BCUT2D eigenvalue weighted by atomic mass is 16.7. The van der Waals surface area contributed by atoms with Gasteiger partial charge in [-0.3, -0.25) is 4.84 Å². The number of hydrogen-bond donors (Lipinski definition) is 1. The van der Waals surface area contributed by atoms with Crippen molar-refractivity contribution in [1.29, 1.82) is 0 Å². The summed E-state index contributed by atoms with van der Waals surface area (Å²) in [6.07, 6.45) is 1.60. The number of rotatable bonds is 7. The van der Waals surface area contributed by atoms with Crippen LogP contribution in [0.15, 0.2) is 29.4 Å². The first-order valence-electron chi connectivity index (χ1n) is 6.79. The Morgan fingerprint density at radius 3 is 2.55 bits per heavy atom. The summed E-state index contributed by atoms with van der Waals surface area (Å²) < 4.78 is 5.56. The van der Waals surface area contributed by atoms with E-state index in [2.05, 4.69) is 22.2 Å². The van der Waals surface area contributed by atoms with Crippen LogP contribution < -0.4 is 10.1 Å². The lowest BCUT2D eigenvalue weighted by molar-refractivity contribution is 0.150. The van der Waals surface area contributed by atoms with E-state index in [1.807, 2.05) is 24.3 Å². The topological polar surface area (TPSA) is 59.9 Å². The number of ether oxygens (including phenoxy) is 1. The van der Waals surface area contributed by atoms with Crippen LogP contribution in [0.3, 0.4) is 0 Å². The molecule has 0 bridgehead atoms. The van der Waals surface area contributed by atoms with Crippen LogP contribution in [0.5, 0.6) is 5.75 Å². The minimum Gasteiger partial charge on any atom is -0.494 e. The number of benzene rings is 1. The number of nitrogens with one attached hydrogen (secondary N) is 1. The van der Waals surface area contributed by atoms with Crippen molar-refractivity contribution in [2.24, 2.45) is 5.16 Å². The third-order valence-corrected chi connectivity index (χ3v) is 2.44. The van der Waals surface area contributed by atoms with Crippen molar-refractivity contribution >= 4 is 11.8 Å². The molecule has 0 saturated carbocycles. The standard InChI is InChI=1S/C15H22N2O3/c1-4-5-10-19-14-8-6-13(7-9-14)11-16-15(18)20-17-12(2)3/h6-9H,4-5,10-11H2,1-3H3,(H,16,18). The number of amides is 1. The molecule has 0 aliphatic rings. The van der Waals surface area contributed by atoms with E-state index in [0.29, 0.717) is 12.3 Å². The Hall–Kier alpha value is -2.04. The molecule has 5 nitrogen and oxygen atoms in total. The summed E-state index contributed by atoms with van der Waals surface area (Å²) in [5.41, 5.74) is 1.66. The van der Waals surface area contributed by atoms with E-state index in [1.165, 1.54) is 0 Å². The van der Waals surface area contributed by atoms with Crippen LogP contribution in [-0.4, -0.2) is 18.4 Å². The second kappa shape index (κ2) is 8.96. The first-order valence-corrected chi connectivity index (χ1v) is 6.79. The summed E-state index contributed by atoms with van der Waals surface area (Å²) in [6.45, 7) is 6.76. The average molecular weight is 278 g/mol. The van der Waals surface area contributed by atoms with E-state index in [9.17, 15) is 4.79 Å². The molecule has 1 amide bonds. The molecule has 0 saturated heterocycles. The second-order valence-electron chi connectivity index (χ2n) is 4.62. The highest BCUT2D eigenvalue weighted by molar-refractivity contribution is 5.79. The normalized spacial score (nSPS) is 9.75. The zero-order valence-corrected chi connectivity index (χ0v) is 12.3. The predicted octanol–water partition coefficient (Wildman–Crippen LogP) is 3.49. The van der Waals surface area contributed by atoms with Gasteiger partial charge in [-0.05, 0) is 38.0 Å². The maximum absolute atomic E-state index is 11.3. The van der Waals surface area contributed by atoms with Gasteiger partial charge in [0.2, 0.25) is 0 Å². The molecule has 1 aromatic carbocycles. The van der Waals surface area contributed by atoms with Gasteiger partial charge in [-0.2, -0.15) is 0 Å². The fourth-order valence-electron chi connectivity index (χ4n) is 1.38. The van der Waals surface area contributed by atoms with Crippen LogP contribution in [-0.2, 0) is 11.4 Å². The maximum Gasteiger partial charge on any atom is 0.433 e. The van der Waals surface area contributed by atoms with Gasteiger partial charge in [0.15, 0.2) is 0 Å². The first kappa shape index (κ1) is 16.0. The van der Waals surface area contributed by atoms with Crippen molar-refractivity contribution in [2.75, 3.05) is 6.61 Å². The monoisotopic (exact) mass is 278 g/mol. The summed E-state index contributed by atoms with van der Waals surface area (Å²) in [6, 6.07) is 7.62. The van der Waals surface area contributed by atoms with Crippen molar-refractivity contribution in [3.63, 3.8) is 0 Å². The highest BCUT2D eigenvalue weighted by Crippen LogP contribution is 2.12. The first-order chi connectivity index (χ1) is 9.61. The van der Waals surface area contributed by atoms with Crippen molar-refractivity contribution in [3.8, 4) is 5.75 Å². The number of nitrogens with zero attached hydrogens (tertiary/aromatic N) is 1. The molecule has 0 atom stereocenters. The SMILES string of the molecule is CCCCOc1ccc(CNC(=O)ON=C(C)C)cc1. The average Bonchev–Trinajstić information content (AvgIpc) is 2.44. The minimum absolute atomic E-state index is 0.395. The Labute approximate surface area is 120 Å². The number of carbonyl (C=O) groups is 1. The molecule has 0 spiro atoms. The predicted molar refractivity (Wildman–Crippen MR) is 78.9 cm³/mol. The maximum atomic E-state index is 11.3. The van der Waals surface area contributed by atoms with Gasteiger partial charge in [-0.1, -0.05) is 30.6 Å². The van der Waals surface area contributed by atoms with E-state index in [-0.39, 0.29) is 0 Å². The van der Waals surface area contributed by atoms with E-state index < -0.39 is 6.09 Å². The van der Waals surface area contributed by atoms with Gasteiger partial charge in [0.25, 0.3) is 0 Å². The molecule has 0 fully saturated rings. The third-order valence-electron chi connectivity index (χ3n) is 2.44. The summed E-state index contributed by atoms with van der Waals surface area (Å²) >= 11 is 0. The fourth-order valence-corrected chi connectivity index (χ4v) is 1.38. The zero-order chi connectivity index (χ0) is 14.8. The van der Waals surface area contributed by atoms with Gasteiger partial charge >= 0.3 is 6.09 Å². The quantitative estimate of drug-likeness (QED) is 0.359. The molecule has 20 heavy (non-hydrogen) atoms. The fraction of sp³-hybridized carbons (Fsp3) is 0.467. The molecule has 0 unspecified atom stereocenters. The Bertz CT molecular complexity index is 437. The number of hydrogen-bond acceptors (Lipinski definition) is 4. The van der Waals surface area contributed by atoms with Crippen LogP contribution in [0, 0.1) is 0 Å². The van der Waals surface area contributed by atoms with Gasteiger partial charge in [0.05, 0.1) is 12.3 Å². The summed E-state index contributed by atoms with van der Waals surface area (Å²) in [7, 11) is 0. The van der Waals surface area contributed by atoms with Gasteiger partial charge in [-0.15, -0.1) is 0 Å². The molecule has 1 N–H and O–H groups in total. The van der Waals surface area contributed by atoms with Crippen LogP contribution in [0.1, 0.15) is 39.2 Å². The molecule has 0 radical (unpaired) electrons. The van der Waals surface area contributed by atoms with Crippen molar-refractivity contribution in [3.05, 3.63) is 29.8 Å². The van der Waals surface area contributed by atoms with Crippen LogP contribution >= 0.6 is 0 Å². The summed E-state index contributed by atoms with van der Waals surface area (Å²) in [5, 5.41) is 6.19. The smallest absolute Gasteiger partial charge is 0.433 e.